The molecule has 2 heterocycles. The summed E-state index contributed by atoms with van der Waals surface area (Å²) in [7, 11) is 0. The van der Waals surface area contributed by atoms with Gasteiger partial charge in [-0.25, -0.2) is 0 Å². The van der Waals surface area contributed by atoms with Crippen LogP contribution in [-0.4, -0.2) is 33.4 Å². The number of aromatic nitrogens is 1. The third kappa shape index (κ3) is 4.21. The maximum absolute atomic E-state index is 11.9. The summed E-state index contributed by atoms with van der Waals surface area (Å²) in [5.74, 6) is 3.64. The smallest absolute Gasteiger partial charge is 0.221 e. The van der Waals surface area contributed by atoms with Crippen LogP contribution in [0.15, 0.2) is 24.5 Å². The van der Waals surface area contributed by atoms with Gasteiger partial charge in [0, 0.05) is 41.3 Å². The van der Waals surface area contributed by atoms with Crippen molar-refractivity contribution in [3.05, 3.63) is 30.1 Å². The molecule has 3 nitrogen and oxygen atoms in total. The number of carbonyl (C=O) groups excluding carboxylic acids is 1. The SMILES string of the molecule is C[C@@H](NC(=O)C[C@@H]1CSCCS1)c1ccncc1. The molecule has 1 amide bonds. The Morgan fingerprint density at radius 1 is 1.50 bits per heavy atom. The zero-order chi connectivity index (χ0) is 12.8. The normalized spacial score (nSPS) is 21.3. The standard InChI is InChI=1S/C13H18N2OS2/c1-10(11-2-4-14-5-3-11)15-13(16)8-12-9-17-6-7-18-12/h2-5,10,12H,6-9H2,1H3,(H,15,16)/t10-,12-/m1/s1. The van der Waals surface area contributed by atoms with Crippen LogP contribution in [-0.2, 0) is 4.79 Å². The zero-order valence-corrected chi connectivity index (χ0v) is 12.1. The maximum Gasteiger partial charge on any atom is 0.221 e. The molecule has 2 rings (SSSR count). The molecule has 0 aromatic carbocycles. The van der Waals surface area contributed by atoms with Gasteiger partial charge in [0.1, 0.15) is 0 Å². The summed E-state index contributed by atoms with van der Waals surface area (Å²) in [6.07, 6.45) is 4.14. The predicted molar refractivity (Wildman–Crippen MR) is 79.0 cm³/mol. The molecular weight excluding hydrogens is 264 g/mol. The first-order valence-corrected chi connectivity index (χ1v) is 8.34. The number of pyridine rings is 1. The quantitative estimate of drug-likeness (QED) is 0.921. The van der Waals surface area contributed by atoms with Crippen LogP contribution in [0.2, 0.25) is 0 Å². The number of rotatable bonds is 4. The lowest BCUT2D eigenvalue weighted by molar-refractivity contribution is -0.121. The van der Waals surface area contributed by atoms with E-state index >= 15 is 0 Å². The number of hydrogen-bond acceptors (Lipinski definition) is 4. The van der Waals surface area contributed by atoms with E-state index in [4.69, 9.17) is 0 Å². The molecule has 0 radical (unpaired) electrons. The van der Waals surface area contributed by atoms with E-state index in [2.05, 4.69) is 10.3 Å². The van der Waals surface area contributed by atoms with E-state index in [9.17, 15) is 4.79 Å². The van der Waals surface area contributed by atoms with Gasteiger partial charge in [0.2, 0.25) is 5.91 Å². The van der Waals surface area contributed by atoms with Crippen molar-refractivity contribution in [3.8, 4) is 0 Å². The van der Waals surface area contributed by atoms with Crippen molar-refractivity contribution < 1.29 is 4.79 Å². The number of carbonyl (C=O) groups is 1. The number of amides is 1. The van der Waals surface area contributed by atoms with Crippen LogP contribution < -0.4 is 5.32 Å². The van der Waals surface area contributed by atoms with Crippen LogP contribution in [0.4, 0.5) is 0 Å². The molecule has 1 N–H and O–H groups in total. The van der Waals surface area contributed by atoms with Crippen molar-refractivity contribution in [2.45, 2.75) is 24.6 Å². The number of nitrogens with one attached hydrogen (secondary N) is 1. The fourth-order valence-corrected chi connectivity index (χ4v) is 4.58. The van der Waals surface area contributed by atoms with Crippen LogP contribution in [0, 0.1) is 0 Å². The van der Waals surface area contributed by atoms with Crippen LogP contribution in [0.25, 0.3) is 0 Å². The Hall–Kier alpha value is -0.680. The van der Waals surface area contributed by atoms with Crippen LogP contribution >= 0.6 is 23.5 Å². The van der Waals surface area contributed by atoms with E-state index in [1.807, 2.05) is 42.6 Å². The van der Waals surface area contributed by atoms with E-state index in [0.717, 1.165) is 11.3 Å². The Balaban J connectivity index is 1.80. The fraction of sp³-hybridized carbons (Fsp3) is 0.538. The largest absolute Gasteiger partial charge is 0.350 e. The van der Waals surface area contributed by atoms with Crippen molar-refractivity contribution in [2.75, 3.05) is 17.3 Å². The van der Waals surface area contributed by atoms with Crippen molar-refractivity contribution in [1.82, 2.24) is 10.3 Å². The van der Waals surface area contributed by atoms with E-state index in [1.54, 1.807) is 12.4 Å². The zero-order valence-electron chi connectivity index (χ0n) is 10.5. The highest BCUT2D eigenvalue weighted by molar-refractivity contribution is 8.06. The minimum absolute atomic E-state index is 0.0572. The molecule has 1 aromatic heterocycles. The molecule has 0 saturated carbocycles. The second kappa shape index (κ2) is 7.04. The second-order valence-corrected chi connectivity index (χ2v) is 6.90. The highest BCUT2D eigenvalue weighted by Gasteiger charge is 2.19. The van der Waals surface area contributed by atoms with Gasteiger partial charge in [-0.3, -0.25) is 9.78 Å². The number of nitrogens with zero attached hydrogens (tertiary/aromatic N) is 1. The van der Waals surface area contributed by atoms with Crippen molar-refractivity contribution in [1.29, 1.82) is 0 Å². The summed E-state index contributed by atoms with van der Waals surface area (Å²) in [6.45, 7) is 2.01. The lowest BCUT2D eigenvalue weighted by atomic mass is 10.1. The van der Waals surface area contributed by atoms with Crippen molar-refractivity contribution in [2.24, 2.45) is 0 Å². The third-order valence-electron chi connectivity index (χ3n) is 2.88. The summed E-state index contributed by atoms with van der Waals surface area (Å²) in [5, 5.41) is 3.53. The molecule has 1 aliphatic rings. The van der Waals surface area contributed by atoms with Gasteiger partial charge in [-0.15, -0.1) is 0 Å². The summed E-state index contributed by atoms with van der Waals surface area (Å²) in [4.78, 5) is 15.9. The Morgan fingerprint density at radius 3 is 2.94 bits per heavy atom. The van der Waals surface area contributed by atoms with Gasteiger partial charge in [0.15, 0.2) is 0 Å². The average molecular weight is 282 g/mol. The van der Waals surface area contributed by atoms with Gasteiger partial charge < -0.3 is 5.32 Å². The number of hydrogen-bond donors (Lipinski definition) is 1. The maximum atomic E-state index is 11.9. The van der Waals surface area contributed by atoms with E-state index in [0.29, 0.717) is 11.7 Å². The predicted octanol–water partition coefficient (Wildman–Crippen LogP) is 2.50. The molecule has 0 aliphatic carbocycles. The highest BCUT2D eigenvalue weighted by atomic mass is 32.2. The molecule has 1 saturated heterocycles. The van der Waals surface area contributed by atoms with Gasteiger partial charge >= 0.3 is 0 Å². The first-order chi connectivity index (χ1) is 8.75. The van der Waals surface area contributed by atoms with Gasteiger partial charge in [-0.05, 0) is 24.6 Å². The molecule has 1 fully saturated rings. The van der Waals surface area contributed by atoms with Gasteiger partial charge in [0.25, 0.3) is 0 Å². The molecule has 1 aliphatic heterocycles. The monoisotopic (exact) mass is 282 g/mol. The Morgan fingerprint density at radius 2 is 2.28 bits per heavy atom. The Kier molecular flexibility index (Phi) is 5.38. The van der Waals surface area contributed by atoms with Crippen molar-refractivity contribution in [3.63, 3.8) is 0 Å². The highest BCUT2D eigenvalue weighted by Crippen LogP contribution is 2.26. The Labute approximate surface area is 117 Å². The van der Waals surface area contributed by atoms with Gasteiger partial charge in [0.05, 0.1) is 6.04 Å². The summed E-state index contributed by atoms with van der Waals surface area (Å²) in [6, 6.07) is 3.94. The third-order valence-corrected chi connectivity index (χ3v) is 5.73. The topological polar surface area (TPSA) is 42.0 Å². The van der Waals surface area contributed by atoms with Crippen molar-refractivity contribution >= 4 is 29.4 Å². The molecule has 98 valence electrons. The molecule has 2 atom stereocenters. The molecule has 0 bridgehead atoms. The lowest BCUT2D eigenvalue weighted by Crippen LogP contribution is -2.30. The first-order valence-electron chi connectivity index (χ1n) is 6.14. The van der Waals surface area contributed by atoms with Crippen LogP contribution in [0.1, 0.15) is 24.9 Å². The van der Waals surface area contributed by atoms with E-state index in [-0.39, 0.29) is 11.9 Å². The Bertz CT molecular complexity index is 380. The average Bonchev–Trinajstić information content (AvgIpc) is 2.40. The summed E-state index contributed by atoms with van der Waals surface area (Å²) >= 11 is 3.87. The summed E-state index contributed by atoms with van der Waals surface area (Å²) < 4.78 is 0. The van der Waals surface area contributed by atoms with Crippen LogP contribution in [0.5, 0.6) is 0 Å². The van der Waals surface area contributed by atoms with E-state index in [1.165, 1.54) is 11.5 Å². The molecule has 0 spiro atoms. The van der Waals surface area contributed by atoms with Crippen LogP contribution in [0.3, 0.4) is 0 Å². The van der Waals surface area contributed by atoms with E-state index < -0.39 is 0 Å². The minimum Gasteiger partial charge on any atom is -0.350 e. The van der Waals surface area contributed by atoms with Gasteiger partial charge in [-0.1, -0.05) is 0 Å². The molecule has 1 aromatic rings. The second-order valence-electron chi connectivity index (χ2n) is 4.34. The molecule has 18 heavy (non-hydrogen) atoms. The van der Waals surface area contributed by atoms with Gasteiger partial charge in [-0.2, -0.15) is 23.5 Å². The first kappa shape index (κ1) is 13.7. The fourth-order valence-electron chi connectivity index (χ4n) is 1.90. The minimum atomic E-state index is 0.0572. The molecule has 5 heteroatoms. The molecular formula is C13H18N2OS2. The summed E-state index contributed by atoms with van der Waals surface area (Å²) in [5.41, 5.74) is 1.10. The number of thioether (sulfide) groups is 2. The molecule has 0 unspecified atom stereocenters. The lowest BCUT2D eigenvalue weighted by Gasteiger charge is -2.21.